The number of nitrogens with one attached hydrogen (secondary N) is 1. The molecule has 6 heteroatoms. The smallest absolute Gasteiger partial charge is 0.245 e. The van der Waals surface area contributed by atoms with Crippen LogP contribution in [0.2, 0.25) is 0 Å². The van der Waals surface area contributed by atoms with Crippen LogP contribution in [0.1, 0.15) is 43.5 Å². The molecule has 1 aromatic heterocycles. The second-order valence-corrected chi connectivity index (χ2v) is 6.45. The molecule has 6 nitrogen and oxygen atoms in total. The summed E-state index contributed by atoms with van der Waals surface area (Å²) in [5.41, 5.74) is 2.14. The van der Waals surface area contributed by atoms with E-state index in [1.165, 1.54) is 0 Å². The summed E-state index contributed by atoms with van der Waals surface area (Å²) in [6.07, 6.45) is 4.28. The lowest BCUT2D eigenvalue weighted by atomic mass is 10.0. The zero-order valence-corrected chi connectivity index (χ0v) is 13.3. The molecule has 2 aliphatic heterocycles. The van der Waals surface area contributed by atoms with E-state index < -0.39 is 0 Å². The van der Waals surface area contributed by atoms with Crippen molar-refractivity contribution in [1.29, 1.82) is 0 Å². The van der Waals surface area contributed by atoms with E-state index in [-0.39, 0.29) is 23.9 Å². The molecule has 0 bridgehead atoms. The van der Waals surface area contributed by atoms with Gasteiger partial charge in [0.2, 0.25) is 11.8 Å². The summed E-state index contributed by atoms with van der Waals surface area (Å²) in [6.45, 7) is 5.56. The number of aromatic nitrogens is 2. The molecule has 0 radical (unpaired) electrons. The summed E-state index contributed by atoms with van der Waals surface area (Å²) in [5, 5.41) is 7.31. The van der Waals surface area contributed by atoms with Crippen molar-refractivity contribution < 1.29 is 9.59 Å². The maximum atomic E-state index is 12.7. The molecular formula is C16H24N4O2. The van der Waals surface area contributed by atoms with Crippen molar-refractivity contribution in [1.82, 2.24) is 20.0 Å². The third-order valence-corrected chi connectivity index (χ3v) is 4.69. The van der Waals surface area contributed by atoms with Crippen molar-refractivity contribution in [3.8, 4) is 0 Å². The Morgan fingerprint density at radius 1 is 1.36 bits per heavy atom. The molecule has 1 aromatic rings. The second kappa shape index (κ2) is 6.10. The van der Waals surface area contributed by atoms with Crippen LogP contribution in [0, 0.1) is 13.8 Å². The number of aryl methyl sites for hydroxylation is 2. The van der Waals surface area contributed by atoms with Crippen LogP contribution in [-0.2, 0) is 16.1 Å². The second-order valence-electron chi connectivity index (χ2n) is 6.45. The molecular weight excluding hydrogens is 280 g/mol. The van der Waals surface area contributed by atoms with Gasteiger partial charge in [-0.2, -0.15) is 5.10 Å². The Labute approximate surface area is 130 Å². The first kappa shape index (κ1) is 15.1. The maximum Gasteiger partial charge on any atom is 0.245 e. The fourth-order valence-electron chi connectivity index (χ4n) is 3.54. The summed E-state index contributed by atoms with van der Waals surface area (Å²) < 4.78 is 2.00. The first-order valence-corrected chi connectivity index (χ1v) is 8.15. The van der Waals surface area contributed by atoms with Crippen LogP contribution in [0.3, 0.4) is 0 Å². The van der Waals surface area contributed by atoms with E-state index in [0.717, 1.165) is 43.7 Å². The van der Waals surface area contributed by atoms with Gasteiger partial charge in [0.1, 0.15) is 6.04 Å². The van der Waals surface area contributed by atoms with Crippen LogP contribution in [0.15, 0.2) is 6.07 Å². The monoisotopic (exact) mass is 304 g/mol. The normalized spacial score (nSPS) is 25.4. The van der Waals surface area contributed by atoms with Gasteiger partial charge in [0.25, 0.3) is 0 Å². The number of carbonyl (C=O) groups is 2. The Hall–Kier alpha value is -1.85. The van der Waals surface area contributed by atoms with Crippen LogP contribution in [0.5, 0.6) is 0 Å². The van der Waals surface area contributed by atoms with Crippen molar-refractivity contribution >= 4 is 11.8 Å². The fraction of sp³-hybridized carbons (Fsp3) is 0.688. The number of likely N-dealkylation sites (tertiary alicyclic amines) is 1. The Balaban J connectivity index is 1.72. The molecule has 2 aliphatic rings. The lowest BCUT2D eigenvalue weighted by Gasteiger charge is -2.37. The molecule has 2 fully saturated rings. The zero-order valence-electron chi connectivity index (χ0n) is 13.3. The molecule has 2 unspecified atom stereocenters. The summed E-state index contributed by atoms with van der Waals surface area (Å²) in [6, 6.07) is 1.91. The largest absolute Gasteiger partial charge is 0.344 e. The van der Waals surface area contributed by atoms with Gasteiger partial charge in [-0.15, -0.1) is 0 Å². The van der Waals surface area contributed by atoms with Crippen LogP contribution >= 0.6 is 0 Å². The highest BCUT2D eigenvalue weighted by Crippen LogP contribution is 2.22. The maximum absolute atomic E-state index is 12.7. The summed E-state index contributed by atoms with van der Waals surface area (Å²) in [4.78, 5) is 26.1. The van der Waals surface area contributed by atoms with Crippen molar-refractivity contribution in [3.63, 3.8) is 0 Å². The molecule has 0 aliphatic carbocycles. The molecule has 3 heterocycles. The van der Waals surface area contributed by atoms with Crippen LogP contribution in [0.4, 0.5) is 0 Å². The highest BCUT2D eigenvalue weighted by atomic mass is 16.2. The number of nitrogens with zero attached hydrogens (tertiary/aromatic N) is 3. The third-order valence-electron chi connectivity index (χ3n) is 4.69. The van der Waals surface area contributed by atoms with Gasteiger partial charge in [-0.1, -0.05) is 0 Å². The topological polar surface area (TPSA) is 67.2 Å². The number of hydrogen-bond acceptors (Lipinski definition) is 3. The van der Waals surface area contributed by atoms with E-state index in [1.807, 2.05) is 23.4 Å². The van der Waals surface area contributed by atoms with Gasteiger partial charge in [-0.3, -0.25) is 14.3 Å². The van der Waals surface area contributed by atoms with Gasteiger partial charge in [0.05, 0.1) is 18.3 Å². The highest BCUT2D eigenvalue weighted by molar-refractivity contribution is 5.91. The third kappa shape index (κ3) is 3.00. The average Bonchev–Trinajstić information content (AvgIpc) is 3.05. The van der Waals surface area contributed by atoms with Gasteiger partial charge < -0.3 is 10.2 Å². The Morgan fingerprint density at radius 2 is 2.18 bits per heavy atom. The SMILES string of the molecule is Cc1cc(C)n(CC2CCCCN2C(=O)C2CCC(=O)N2)n1. The Bertz CT molecular complexity index is 581. The predicted molar refractivity (Wildman–Crippen MR) is 82.2 cm³/mol. The average molecular weight is 304 g/mol. The molecule has 120 valence electrons. The summed E-state index contributed by atoms with van der Waals surface area (Å²) in [5.74, 6) is 0.0718. The molecule has 0 aromatic carbocycles. The molecule has 22 heavy (non-hydrogen) atoms. The standard InChI is InChI=1S/C16H24N4O2/c1-11-9-12(2)20(18-11)10-13-5-3-4-8-19(13)16(22)14-6-7-15(21)17-14/h9,13-14H,3-8,10H2,1-2H3,(H,17,21). The van der Waals surface area contributed by atoms with E-state index in [9.17, 15) is 9.59 Å². The number of piperidine rings is 1. The first-order valence-electron chi connectivity index (χ1n) is 8.15. The molecule has 0 spiro atoms. The molecule has 2 atom stereocenters. The van der Waals surface area contributed by atoms with E-state index >= 15 is 0 Å². The Kier molecular flexibility index (Phi) is 4.18. The van der Waals surface area contributed by atoms with Gasteiger partial charge in [0, 0.05) is 18.7 Å². The van der Waals surface area contributed by atoms with Crippen molar-refractivity contribution in [2.24, 2.45) is 0 Å². The summed E-state index contributed by atoms with van der Waals surface area (Å²) in [7, 11) is 0. The Morgan fingerprint density at radius 3 is 2.82 bits per heavy atom. The number of carbonyl (C=O) groups excluding carboxylic acids is 2. The number of hydrogen-bond donors (Lipinski definition) is 1. The molecule has 2 amide bonds. The highest BCUT2D eigenvalue weighted by Gasteiger charge is 2.35. The minimum atomic E-state index is -0.325. The van der Waals surface area contributed by atoms with Crippen molar-refractivity contribution in [2.45, 2.75) is 64.6 Å². The van der Waals surface area contributed by atoms with Crippen LogP contribution in [-0.4, -0.2) is 45.1 Å². The van der Waals surface area contributed by atoms with Crippen molar-refractivity contribution in [3.05, 3.63) is 17.5 Å². The molecule has 2 saturated heterocycles. The van der Waals surface area contributed by atoms with Crippen LogP contribution in [0.25, 0.3) is 0 Å². The van der Waals surface area contributed by atoms with Gasteiger partial charge in [0.15, 0.2) is 0 Å². The van der Waals surface area contributed by atoms with Gasteiger partial charge in [-0.25, -0.2) is 0 Å². The molecule has 1 N–H and O–H groups in total. The molecule has 3 rings (SSSR count). The lowest BCUT2D eigenvalue weighted by Crippen LogP contribution is -2.52. The van der Waals surface area contributed by atoms with E-state index in [4.69, 9.17) is 0 Å². The van der Waals surface area contributed by atoms with E-state index in [0.29, 0.717) is 12.8 Å². The predicted octanol–water partition coefficient (Wildman–Crippen LogP) is 1.16. The lowest BCUT2D eigenvalue weighted by molar-refractivity contribution is -0.138. The first-order chi connectivity index (χ1) is 10.5. The quantitative estimate of drug-likeness (QED) is 0.911. The summed E-state index contributed by atoms with van der Waals surface area (Å²) >= 11 is 0. The minimum Gasteiger partial charge on any atom is -0.344 e. The van der Waals surface area contributed by atoms with Gasteiger partial charge >= 0.3 is 0 Å². The zero-order chi connectivity index (χ0) is 15.7. The van der Waals surface area contributed by atoms with E-state index in [2.05, 4.69) is 16.5 Å². The minimum absolute atomic E-state index is 0.00884. The molecule has 0 saturated carbocycles. The van der Waals surface area contributed by atoms with Gasteiger partial charge in [-0.05, 0) is 45.6 Å². The number of rotatable bonds is 3. The fourth-order valence-corrected chi connectivity index (χ4v) is 3.54. The van der Waals surface area contributed by atoms with Crippen LogP contribution < -0.4 is 5.32 Å². The number of amides is 2. The van der Waals surface area contributed by atoms with E-state index in [1.54, 1.807) is 0 Å². The van der Waals surface area contributed by atoms with Crippen molar-refractivity contribution in [2.75, 3.05) is 6.54 Å².